The predicted octanol–water partition coefficient (Wildman–Crippen LogP) is 12.5. The second kappa shape index (κ2) is 27.4. The van der Waals surface area contributed by atoms with Gasteiger partial charge in [-0.05, 0) is 25.7 Å². The van der Waals surface area contributed by atoms with Gasteiger partial charge in [0.1, 0.15) is 12.4 Å². The van der Waals surface area contributed by atoms with E-state index >= 15 is 0 Å². The predicted molar refractivity (Wildman–Crippen MR) is 175 cm³/mol. The molecule has 0 radical (unpaired) electrons. The molecule has 39 heavy (non-hydrogen) atoms. The minimum Gasteiger partial charge on any atom is -0.234 e. The Hall–Kier alpha value is -0.790. The van der Waals surface area contributed by atoms with Gasteiger partial charge in [0.05, 0.1) is 19.0 Å². The molecule has 230 valence electrons. The topological polar surface area (TPSA) is 8.81 Å². The molecule has 0 atom stereocenters. The van der Waals surface area contributed by atoms with Crippen LogP contribution in [0.15, 0.2) is 12.4 Å². The molecule has 1 heterocycles. The lowest BCUT2D eigenvalue weighted by atomic mass is 10.0. The third-order valence-electron chi connectivity index (χ3n) is 8.79. The highest BCUT2D eigenvalue weighted by atomic mass is 15.1. The van der Waals surface area contributed by atoms with Gasteiger partial charge in [0.25, 0.3) is 5.82 Å². The van der Waals surface area contributed by atoms with E-state index in [0.29, 0.717) is 5.92 Å². The minimum absolute atomic E-state index is 0.605. The van der Waals surface area contributed by atoms with Crippen LogP contribution in [0.5, 0.6) is 0 Å². The van der Waals surface area contributed by atoms with Gasteiger partial charge in [-0.2, -0.15) is 0 Å². The number of unbranched alkanes of at least 4 members (excludes halogenated alkanes) is 25. The van der Waals surface area contributed by atoms with Crippen LogP contribution < -0.4 is 4.57 Å². The summed E-state index contributed by atoms with van der Waals surface area (Å²) in [5, 5.41) is 0. The normalized spacial score (nSPS) is 11.7. The summed E-state index contributed by atoms with van der Waals surface area (Å²) in [4.78, 5) is 0. The maximum atomic E-state index is 2.56. The summed E-state index contributed by atoms with van der Waals surface area (Å²) in [5.74, 6) is 2.15. The lowest BCUT2D eigenvalue weighted by molar-refractivity contribution is -0.705. The molecule has 0 fully saturated rings. The van der Waals surface area contributed by atoms with Crippen LogP contribution in [-0.4, -0.2) is 4.57 Å². The molecule has 0 aromatic carbocycles. The first kappa shape index (κ1) is 36.2. The molecule has 0 spiro atoms. The van der Waals surface area contributed by atoms with Crippen molar-refractivity contribution in [2.75, 3.05) is 0 Å². The molecule has 0 aliphatic heterocycles. The molecule has 2 nitrogen and oxygen atoms in total. The van der Waals surface area contributed by atoms with Crippen LogP contribution >= 0.6 is 0 Å². The highest BCUT2D eigenvalue weighted by Gasteiger charge is 2.20. The fourth-order valence-electron chi connectivity index (χ4n) is 6.30. The zero-order chi connectivity index (χ0) is 28.2. The number of aromatic nitrogens is 2. The van der Waals surface area contributed by atoms with E-state index in [0.717, 1.165) is 0 Å². The van der Waals surface area contributed by atoms with Crippen LogP contribution in [0.4, 0.5) is 0 Å². The van der Waals surface area contributed by atoms with E-state index in [2.05, 4.69) is 49.2 Å². The summed E-state index contributed by atoms with van der Waals surface area (Å²) in [6.07, 6.45) is 43.5. The summed E-state index contributed by atoms with van der Waals surface area (Å²) in [5.41, 5.74) is 0. The monoisotopic (exact) mass is 546 g/mol. The Morgan fingerprint density at radius 3 is 1.18 bits per heavy atom. The Labute approximate surface area is 247 Å². The van der Waals surface area contributed by atoms with E-state index in [1.165, 1.54) is 186 Å². The van der Waals surface area contributed by atoms with Crippen LogP contribution in [0.3, 0.4) is 0 Å². The number of hydrogen-bond donors (Lipinski definition) is 0. The van der Waals surface area contributed by atoms with Gasteiger partial charge in [-0.3, -0.25) is 0 Å². The Kier molecular flexibility index (Phi) is 25.4. The smallest absolute Gasteiger partial charge is 0.234 e. The SMILES string of the molecule is CCCCCCCCCCCCCCCCCCn1cc[n+](CCCCCCCCCCCCC)c1C(C)C. The van der Waals surface area contributed by atoms with Gasteiger partial charge >= 0.3 is 0 Å². The number of imidazole rings is 1. The van der Waals surface area contributed by atoms with Gasteiger partial charge in [0, 0.05) is 0 Å². The molecule has 0 saturated heterocycles. The van der Waals surface area contributed by atoms with Crippen molar-refractivity contribution in [3.8, 4) is 0 Å². The number of aryl methyl sites for hydroxylation is 2. The third-order valence-corrected chi connectivity index (χ3v) is 8.79. The second-order valence-electron chi connectivity index (χ2n) is 13.0. The summed E-state index contributed by atoms with van der Waals surface area (Å²) in [6, 6.07) is 0. The molecular weight excluding hydrogens is 472 g/mol. The molecule has 0 bridgehead atoms. The summed E-state index contributed by atoms with van der Waals surface area (Å²) in [6.45, 7) is 11.8. The van der Waals surface area contributed by atoms with Crippen molar-refractivity contribution in [1.29, 1.82) is 0 Å². The highest BCUT2D eigenvalue weighted by Crippen LogP contribution is 2.16. The Morgan fingerprint density at radius 1 is 0.487 bits per heavy atom. The molecule has 0 N–H and O–H groups in total. The van der Waals surface area contributed by atoms with Crippen molar-refractivity contribution in [3.63, 3.8) is 0 Å². The van der Waals surface area contributed by atoms with Crippen LogP contribution in [-0.2, 0) is 13.1 Å². The highest BCUT2D eigenvalue weighted by molar-refractivity contribution is 4.89. The van der Waals surface area contributed by atoms with Gasteiger partial charge in [-0.25, -0.2) is 9.13 Å². The average molecular weight is 546 g/mol. The van der Waals surface area contributed by atoms with Crippen molar-refractivity contribution in [3.05, 3.63) is 18.2 Å². The van der Waals surface area contributed by atoms with Crippen LogP contribution in [0.1, 0.15) is 213 Å². The fraction of sp³-hybridized carbons (Fsp3) is 0.919. The number of nitrogens with zero attached hydrogens (tertiary/aromatic N) is 2. The first-order valence-corrected chi connectivity index (χ1v) is 18.3. The van der Waals surface area contributed by atoms with Crippen molar-refractivity contribution in [2.45, 2.75) is 220 Å². The summed E-state index contributed by atoms with van der Waals surface area (Å²) in [7, 11) is 0. The Balaban J connectivity index is 2.02. The molecule has 0 aliphatic rings. The van der Waals surface area contributed by atoms with E-state index in [9.17, 15) is 0 Å². The van der Waals surface area contributed by atoms with Crippen LogP contribution in [0, 0.1) is 0 Å². The Bertz CT molecular complexity index is 617. The van der Waals surface area contributed by atoms with Gasteiger partial charge < -0.3 is 0 Å². The van der Waals surface area contributed by atoms with E-state index in [1.807, 2.05) is 0 Å². The summed E-state index contributed by atoms with van der Waals surface area (Å²) < 4.78 is 5.12. The van der Waals surface area contributed by atoms with Crippen LogP contribution in [0.25, 0.3) is 0 Å². The van der Waals surface area contributed by atoms with Gasteiger partial charge in [-0.1, -0.05) is 175 Å². The molecule has 0 unspecified atom stereocenters. The first-order chi connectivity index (χ1) is 19.2. The van der Waals surface area contributed by atoms with Crippen molar-refractivity contribution in [2.24, 2.45) is 0 Å². The molecule has 0 aliphatic carbocycles. The molecule has 1 aromatic heterocycles. The number of hydrogen-bond acceptors (Lipinski definition) is 0. The maximum Gasteiger partial charge on any atom is 0.258 e. The third kappa shape index (κ3) is 20.7. The standard InChI is InChI=1S/C37H73N2/c1-5-7-9-11-13-15-17-18-19-20-21-23-25-27-29-31-33-39-35-34-38(37(39)36(3)4)32-30-28-26-24-22-16-14-12-10-8-6-2/h34-36H,5-33H2,1-4H3/q+1. The van der Waals surface area contributed by atoms with Crippen molar-refractivity contribution >= 4 is 0 Å². The van der Waals surface area contributed by atoms with Gasteiger partial charge in [0.15, 0.2) is 0 Å². The first-order valence-electron chi connectivity index (χ1n) is 18.3. The van der Waals surface area contributed by atoms with E-state index < -0.39 is 0 Å². The van der Waals surface area contributed by atoms with E-state index in [4.69, 9.17) is 0 Å². The van der Waals surface area contributed by atoms with Crippen LogP contribution in [0.2, 0.25) is 0 Å². The molecule has 1 aromatic rings. The van der Waals surface area contributed by atoms with Crippen molar-refractivity contribution < 1.29 is 4.57 Å². The Morgan fingerprint density at radius 2 is 0.821 bits per heavy atom. The summed E-state index contributed by atoms with van der Waals surface area (Å²) >= 11 is 0. The molecule has 0 amide bonds. The lowest BCUT2D eigenvalue weighted by Crippen LogP contribution is -2.38. The fourth-order valence-corrected chi connectivity index (χ4v) is 6.30. The molecule has 0 saturated carbocycles. The largest absolute Gasteiger partial charge is 0.258 e. The average Bonchev–Trinajstić information content (AvgIpc) is 3.34. The zero-order valence-corrected chi connectivity index (χ0v) is 27.6. The van der Waals surface area contributed by atoms with E-state index in [-0.39, 0.29) is 0 Å². The lowest BCUT2D eigenvalue weighted by Gasteiger charge is -2.08. The van der Waals surface area contributed by atoms with Crippen molar-refractivity contribution in [1.82, 2.24) is 4.57 Å². The molecular formula is C37H73N2+. The van der Waals surface area contributed by atoms with E-state index in [1.54, 1.807) is 5.82 Å². The van der Waals surface area contributed by atoms with Gasteiger partial charge in [0.2, 0.25) is 0 Å². The molecule has 1 rings (SSSR count). The maximum absolute atomic E-state index is 2.56. The quantitative estimate of drug-likeness (QED) is 0.0671. The number of rotatable bonds is 30. The van der Waals surface area contributed by atoms with Gasteiger partial charge in [-0.15, -0.1) is 0 Å². The zero-order valence-electron chi connectivity index (χ0n) is 27.6. The molecule has 2 heteroatoms. The second-order valence-corrected chi connectivity index (χ2v) is 13.0. The minimum atomic E-state index is 0.605.